The first-order valence-electron chi connectivity index (χ1n) is 7.07. The SMILES string of the molecule is CCCS(=O)(=O)N1CCc2c(c3ccccc3n2C)C1. The highest BCUT2D eigenvalue weighted by Crippen LogP contribution is 2.31. The smallest absolute Gasteiger partial charge is 0.214 e. The van der Waals surface area contributed by atoms with Crippen LogP contribution in [0.25, 0.3) is 10.9 Å². The number of benzene rings is 1. The van der Waals surface area contributed by atoms with E-state index in [1.807, 2.05) is 19.1 Å². The van der Waals surface area contributed by atoms with Crippen LogP contribution in [0.4, 0.5) is 0 Å². The van der Waals surface area contributed by atoms with Crippen LogP contribution in [0.15, 0.2) is 24.3 Å². The second-order valence-corrected chi connectivity index (χ2v) is 7.49. The maximum Gasteiger partial charge on any atom is 0.214 e. The van der Waals surface area contributed by atoms with Crippen molar-refractivity contribution in [1.29, 1.82) is 0 Å². The molecule has 0 spiro atoms. The molecule has 0 saturated carbocycles. The Balaban J connectivity index is 2.05. The summed E-state index contributed by atoms with van der Waals surface area (Å²) in [5, 5.41) is 1.18. The van der Waals surface area contributed by atoms with Gasteiger partial charge in [-0.05, 0) is 18.1 Å². The molecule has 0 aliphatic carbocycles. The summed E-state index contributed by atoms with van der Waals surface area (Å²) in [4.78, 5) is 0. The lowest BCUT2D eigenvalue weighted by Crippen LogP contribution is -2.37. The number of hydrogen-bond acceptors (Lipinski definition) is 2. The Kier molecular flexibility index (Phi) is 3.34. The molecule has 20 heavy (non-hydrogen) atoms. The lowest BCUT2D eigenvalue weighted by atomic mass is 10.1. The average Bonchev–Trinajstić information content (AvgIpc) is 2.73. The summed E-state index contributed by atoms with van der Waals surface area (Å²) in [6, 6.07) is 8.23. The number of rotatable bonds is 3. The highest BCUT2D eigenvalue weighted by molar-refractivity contribution is 7.89. The van der Waals surface area contributed by atoms with Crippen LogP contribution in [0.1, 0.15) is 24.6 Å². The van der Waals surface area contributed by atoms with Gasteiger partial charge in [0, 0.05) is 43.2 Å². The summed E-state index contributed by atoms with van der Waals surface area (Å²) in [6.07, 6.45) is 1.46. The maximum atomic E-state index is 12.3. The van der Waals surface area contributed by atoms with Gasteiger partial charge in [-0.1, -0.05) is 25.1 Å². The number of fused-ring (bicyclic) bond motifs is 3. The van der Waals surface area contributed by atoms with Crippen molar-refractivity contribution in [2.75, 3.05) is 12.3 Å². The summed E-state index contributed by atoms with van der Waals surface area (Å²) >= 11 is 0. The highest BCUT2D eigenvalue weighted by Gasteiger charge is 2.29. The number of sulfonamides is 1. The van der Waals surface area contributed by atoms with Crippen LogP contribution < -0.4 is 0 Å². The van der Waals surface area contributed by atoms with Crippen LogP contribution in [0.5, 0.6) is 0 Å². The van der Waals surface area contributed by atoms with Gasteiger partial charge in [0.1, 0.15) is 0 Å². The molecule has 0 N–H and O–H groups in total. The first-order valence-corrected chi connectivity index (χ1v) is 8.68. The molecule has 1 aromatic heterocycles. The molecule has 0 amide bonds. The maximum absolute atomic E-state index is 12.3. The van der Waals surface area contributed by atoms with Gasteiger partial charge in [-0.3, -0.25) is 0 Å². The third kappa shape index (κ3) is 2.05. The van der Waals surface area contributed by atoms with Crippen molar-refractivity contribution in [2.45, 2.75) is 26.3 Å². The van der Waals surface area contributed by atoms with Crippen LogP contribution in [-0.2, 0) is 30.0 Å². The average molecular weight is 292 g/mol. The molecule has 1 aliphatic heterocycles. The minimum absolute atomic E-state index is 0.243. The topological polar surface area (TPSA) is 42.3 Å². The van der Waals surface area contributed by atoms with E-state index in [0.29, 0.717) is 19.5 Å². The van der Waals surface area contributed by atoms with E-state index >= 15 is 0 Å². The lowest BCUT2D eigenvalue weighted by molar-refractivity contribution is 0.387. The van der Waals surface area contributed by atoms with E-state index in [4.69, 9.17) is 0 Å². The fourth-order valence-electron chi connectivity index (χ4n) is 3.13. The molecular formula is C15H20N2O2S. The Morgan fingerprint density at radius 1 is 1.25 bits per heavy atom. The van der Waals surface area contributed by atoms with Gasteiger partial charge in [-0.25, -0.2) is 8.42 Å². The zero-order chi connectivity index (χ0) is 14.3. The fourth-order valence-corrected chi connectivity index (χ4v) is 4.60. The van der Waals surface area contributed by atoms with E-state index < -0.39 is 10.0 Å². The summed E-state index contributed by atoms with van der Waals surface area (Å²) in [5.41, 5.74) is 3.63. The third-order valence-electron chi connectivity index (χ3n) is 4.13. The molecule has 0 bridgehead atoms. The molecular weight excluding hydrogens is 272 g/mol. The number of nitrogens with zero attached hydrogens (tertiary/aromatic N) is 2. The molecule has 2 aromatic rings. The molecule has 108 valence electrons. The van der Waals surface area contributed by atoms with Crippen molar-refractivity contribution < 1.29 is 8.42 Å². The zero-order valence-corrected chi connectivity index (χ0v) is 12.8. The molecule has 0 atom stereocenters. The van der Waals surface area contributed by atoms with E-state index in [0.717, 1.165) is 6.42 Å². The quantitative estimate of drug-likeness (QED) is 0.871. The predicted octanol–water partition coefficient (Wildman–Crippen LogP) is 2.28. The largest absolute Gasteiger partial charge is 0.347 e. The summed E-state index contributed by atoms with van der Waals surface area (Å²) in [6.45, 7) is 3.02. The monoisotopic (exact) mass is 292 g/mol. The highest BCUT2D eigenvalue weighted by atomic mass is 32.2. The van der Waals surface area contributed by atoms with E-state index in [2.05, 4.69) is 23.7 Å². The van der Waals surface area contributed by atoms with Gasteiger partial charge in [0.15, 0.2) is 0 Å². The minimum atomic E-state index is -3.11. The van der Waals surface area contributed by atoms with E-state index in [1.54, 1.807) is 4.31 Å². The summed E-state index contributed by atoms with van der Waals surface area (Å²) in [7, 11) is -1.04. The number of aryl methyl sites for hydroxylation is 1. The molecule has 5 heteroatoms. The molecule has 0 radical (unpaired) electrons. The van der Waals surface area contributed by atoms with Gasteiger partial charge in [0.2, 0.25) is 10.0 Å². The Morgan fingerprint density at radius 2 is 2.00 bits per heavy atom. The summed E-state index contributed by atoms with van der Waals surface area (Å²) < 4.78 is 28.4. The van der Waals surface area contributed by atoms with Crippen molar-refractivity contribution in [3.8, 4) is 0 Å². The molecule has 2 heterocycles. The fraction of sp³-hybridized carbons (Fsp3) is 0.467. The van der Waals surface area contributed by atoms with Gasteiger partial charge in [-0.15, -0.1) is 0 Å². The first-order chi connectivity index (χ1) is 9.54. The first kappa shape index (κ1) is 13.6. The Labute approximate surface area is 120 Å². The molecule has 1 aromatic carbocycles. The number of hydrogen-bond donors (Lipinski definition) is 0. The van der Waals surface area contributed by atoms with Crippen LogP contribution >= 0.6 is 0 Å². The molecule has 4 nitrogen and oxygen atoms in total. The number of para-hydroxylation sites is 1. The zero-order valence-electron chi connectivity index (χ0n) is 12.0. The van der Waals surface area contributed by atoms with Crippen LogP contribution in [0, 0.1) is 0 Å². The van der Waals surface area contributed by atoms with Gasteiger partial charge in [0.25, 0.3) is 0 Å². The van der Waals surface area contributed by atoms with E-state index in [1.165, 1.54) is 22.2 Å². The molecule has 0 fully saturated rings. The second kappa shape index (κ2) is 4.90. The predicted molar refractivity (Wildman–Crippen MR) is 81.1 cm³/mol. The van der Waals surface area contributed by atoms with Crippen LogP contribution in [0.3, 0.4) is 0 Å². The third-order valence-corrected chi connectivity index (χ3v) is 6.15. The lowest BCUT2D eigenvalue weighted by Gasteiger charge is -2.27. The molecule has 3 rings (SSSR count). The van der Waals surface area contributed by atoms with Crippen molar-refractivity contribution >= 4 is 20.9 Å². The van der Waals surface area contributed by atoms with Gasteiger partial charge < -0.3 is 4.57 Å². The van der Waals surface area contributed by atoms with Crippen molar-refractivity contribution in [3.05, 3.63) is 35.5 Å². The Bertz CT molecular complexity index is 747. The van der Waals surface area contributed by atoms with Crippen molar-refractivity contribution in [3.63, 3.8) is 0 Å². The minimum Gasteiger partial charge on any atom is -0.347 e. The Morgan fingerprint density at radius 3 is 2.75 bits per heavy atom. The van der Waals surface area contributed by atoms with Crippen LogP contribution in [-0.4, -0.2) is 29.6 Å². The van der Waals surface area contributed by atoms with Gasteiger partial charge >= 0.3 is 0 Å². The van der Waals surface area contributed by atoms with E-state index in [9.17, 15) is 8.42 Å². The Hall–Kier alpha value is -1.33. The van der Waals surface area contributed by atoms with Crippen LogP contribution in [0.2, 0.25) is 0 Å². The van der Waals surface area contributed by atoms with Gasteiger partial charge in [-0.2, -0.15) is 4.31 Å². The normalized spacial score (nSPS) is 16.5. The van der Waals surface area contributed by atoms with Gasteiger partial charge in [0.05, 0.1) is 5.75 Å². The van der Waals surface area contributed by atoms with E-state index in [-0.39, 0.29) is 5.75 Å². The number of aromatic nitrogens is 1. The standard InChI is InChI=1S/C15H20N2O2S/c1-3-10-20(18,19)17-9-8-15-13(11-17)12-6-4-5-7-14(12)16(15)2/h4-7H,3,8-11H2,1-2H3. The van der Waals surface area contributed by atoms with Crippen molar-refractivity contribution in [1.82, 2.24) is 8.87 Å². The molecule has 0 unspecified atom stereocenters. The van der Waals surface area contributed by atoms with Crippen molar-refractivity contribution in [2.24, 2.45) is 7.05 Å². The molecule has 1 aliphatic rings. The second-order valence-electron chi connectivity index (χ2n) is 5.40. The summed E-state index contributed by atoms with van der Waals surface area (Å²) in [5.74, 6) is 0.243. The molecule has 0 saturated heterocycles.